The number of Topliss-reactive ketones (excluding diaryl/α,β-unsaturated/α-hetero) is 1. The minimum absolute atomic E-state index is 0.0326. The third-order valence-electron chi connectivity index (χ3n) is 3.25. The molecule has 1 aromatic rings. The molecule has 1 aromatic carbocycles. The van der Waals surface area contributed by atoms with Gasteiger partial charge in [0.05, 0.1) is 10.5 Å². The van der Waals surface area contributed by atoms with Crippen LogP contribution in [0.25, 0.3) is 0 Å². The van der Waals surface area contributed by atoms with E-state index in [1.54, 1.807) is 6.92 Å². The summed E-state index contributed by atoms with van der Waals surface area (Å²) in [6.45, 7) is 5.65. The van der Waals surface area contributed by atoms with Gasteiger partial charge in [-0.25, -0.2) is 0 Å². The van der Waals surface area contributed by atoms with Gasteiger partial charge in [-0.2, -0.15) is 0 Å². The van der Waals surface area contributed by atoms with E-state index in [0.29, 0.717) is 25.0 Å². The van der Waals surface area contributed by atoms with Gasteiger partial charge >= 0.3 is 0 Å². The number of hydrogen-bond donors (Lipinski definition) is 2. The van der Waals surface area contributed by atoms with Gasteiger partial charge < -0.3 is 10.4 Å². The minimum Gasteiger partial charge on any atom is -0.507 e. The van der Waals surface area contributed by atoms with Gasteiger partial charge in [0.1, 0.15) is 5.75 Å². The Bertz CT molecular complexity index is 625. The van der Waals surface area contributed by atoms with Crippen molar-refractivity contribution in [1.29, 1.82) is 0 Å². The van der Waals surface area contributed by atoms with Crippen LogP contribution in [0.4, 0.5) is 5.69 Å². The maximum absolute atomic E-state index is 12.0. The number of phenols is 1. The second kappa shape index (κ2) is 8.67. The first-order chi connectivity index (χ1) is 10.8. The number of carbonyl (C=O) groups excluding carboxylic acids is 2. The Balaban J connectivity index is 2.40. The summed E-state index contributed by atoms with van der Waals surface area (Å²) in [4.78, 5) is 33.3. The zero-order valence-corrected chi connectivity index (χ0v) is 13.0. The normalized spacial score (nSPS) is 10.1. The van der Waals surface area contributed by atoms with E-state index in [-0.39, 0.29) is 35.1 Å². The van der Waals surface area contributed by atoms with Crippen LogP contribution in [0.5, 0.6) is 5.75 Å². The fourth-order valence-electron chi connectivity index (χ4n) is 1.94. The first-order valence-electron chi connectivity index (χ1n) is 7.27. The molecule has 0 aliphatic heterocycles. The molecule has 0 saturated carbocycles. The Morgan fingerprint density at radius 2 is 2.00 bits per heavy atom. The van der Waals surface area contributed by atoms with Crippen LogP contribution in [-0.4, -0.2) is 28.3 Å². The van der Waals surface area contributed by atoms with Crippen molar-refractivity contribution in [1.82, 2.24) is 5.32 Å². The van der Waals surface area contributed by atoms with Gasteiger partial charge in [-0.05, 0) is 25.8 Å². The fraction of sp³-hybridized carbons (Fsp3) is 0.375. The van der Waals surface area contributed by atoms with E-state index in [9.17, 15) is 24.8 Å². The largest absolute Gasteiger partial charge is 0.507 e. The summed E-state index contributed by atoms with van der Waals surface area (Å²) in [5, 5.41) is 23.0. The first-order valence-corrected chi connectivity index (χ1v) is 7.27. The number of nitro groups is 1. The van der Waals surface area contributed by atoms with Gasteiger partial charge in [0.2, 0.25) is 5.91 Å². The van der Waals surface area contributed by atoms with E-state index in [2.05, 4.69) is 11.9 Å². The van der Waals surface area contributed by atoms with E-state index in [1.807, 2.05) is 0 Å². The number of unbranched alkanes of at least 4 members (excludes halogenated alkanes) is 2. The molecule has 124 valence electrons. The van der Waals surface area contributed by atoms with Crippen molar-refractivity contribution in [3.8, 4) is 5.75 Å². The number of ketones is 1. The number of non-ortho nitro benzene ring substituents is 1. The molecule has 0 heterocycles. The summed E-state index contributed by atoms with van der Waals surface area (Å²) in [6.07, 6.45) is 2.19. The molecule has 0 aliphatic rings. The van der Waals surface area contributed by atoms with E-state index < -0.39 is 4.92 Å². The molecule has 7 nitrogen and oxygen atoms in total. The fourth-order valence-corrected chi connectivity index (χ4v) is 1.94. The van der Waals surface area contributed by atoms with Gasteiger partial charge in [-0.3, -0.25) is 19.7 Å². The summed E-state index contributed by atoms with van der Waals surface area (Å²) in [5.41, 5.74) is 0.185. The number of aromatic hydroxyl groups is 1. The van der Waals surface area contributed by atoms with Crippen LogP contribution in [0.15, 0.2) is 30.4 Å². The molecule has 2 N–H and O–H groups in total. The van der Waals surface area contributed by atoms with E-state index in [4.69, 9.17) is 0 Å². The van der Waals surface area contributed by atoms with Crippen molar-refractivity contribution in [3.05, 3.63) is 46.0 Å². The molecule has 23 heavy (non-hydrogen) atoms. The monoisotopic (exact) mass is 320 g/mol. The third kappa shape index (κ3) is 5.90. The lowest BCUT2D eigenvalue weighted by Crippen LogP contribution is -2.24. The summed E-state index contributed by atoms with van der Waals surface area (Å²) in [6, 6.07) is 3.39. The third-order valence-corrected chi connectivity index (χ3v) is 3.25. The topological polar surface area (TPSA) is 110 Å². The quantitative estimate of drug-likeness (QED) is 0.239. The van der Waals surface area contributed by atoms with Crippen LogP contribution in [-0.2, 0) is 4.79 Å². The lowest BCUT2D eigenvalue weighted by Gasteiger charge is -2.05. The van der Waals surface area contributed by atoms with Crippen molar-refractivity contribution < 1.29 is 19.6 Å². The Morgan fingerprint density at radius 3 is 2.61 bits per heavy atom. The van der Waals surface area contributed by atoms with Crippen molar-refractivity contribution in [3.63, 3.8) is 0 Å². The second-order valence-corrected chi connectivity index (χ2v) is 5.23. The van der Waals surface area contributed by atoms with E-state index >= 15 is 0 Å². The summed E-state index contributed by atoms with van der Waals surface area (Å²) in [7, 11) is 0. The Hall–Kier alpha value is -2.70. The van der Waals surface area contributed by atoms with Crippen LogP contribution in [0, 0.1) is 10.1 Å². The maximum Gasteiger partial charge on any atom is 0.270 e. The van der Waals surface area contributed by atoms with Crippen molar-refractivity contribution in [2.75, 3.05) is 6.54 Å². The summed E-state index contributed by atoms with van der Waals surface area (Å²) in [5.74, 6) is -0.783. The smallest absolute Gasteiger partial charge is 0.270 e. The number of nitrogens with one attached hydrogen (secondary N) is 1. The molecule has 7 heteroatoms. The molecule has 0 aromatic heterocycles. The molecule has 0 saturated heterocycles. The van der Waals surface area contributed by atoms with E-state index in [0.717, 1.165) is 24.6 Å². The van der Waals surface area contributed by atoms with Gasteiger partial charge in [-0.15, -0.1) is 0 Å². The van der Waals surface area contributed by atoms with Gasteiger partial charge in [-0.1, -0.05) is 13.0 Å². The highest BCUT2D eigenvalue weighted by molar-refractivity contribution is 5.99. The standard InChI is InChI=1S/C16H20N2O5/c1-11(2)16(21)17-9-5-3-4-6-14(19)13-10-12(18(22)23)7-8-15(13)20/h7-8,10,20H,1,3-6,9H2,2H3,(H,17,21). The van der Waals surface area contributed by atoms with Crippen LogP contribution in [0.2, 0.25) is 0 Å². The van der Waals surface area contributed by atoms with Gasteiger partial charge in [0, 0.05) is 30.7 Å². The van der Waals surface area contributed by atoms with Crippen LogP contribution in [0.1, 0.15) is 43.0 Å². The highest BCUT2D eigenvalue weighted by Crippen LogP contribution is 2.24. The lowest BCUT2D eigenvalue weighted by atomic mass is 10.0. The van der Waals surface area contributed by atoms with Crippen molar-refractivity contribution >= 4 is 17.4 Å². The molecular weight excluding hydrogens is 300 g/mol. The number of hydrogen-bond acceptors (Lipinski definition) is 5. The molecule has 1 amide bonds. The molecule has 0 bridgehead atoms. The van der Waals surface area contributed by atoms with Crippen molar-refractivity contribution in [2.24, 2.45) is 0 Å². The molecule has 0 atom stereocenters. The van der Waals surface area contributed by atoms with E-state index in [1.165, 1.54) is 0 Å². The Kier molecular flexibility index (Phi) is 6.92. The molecule has 0 unspecified atom stereocenters. The zero-order chi connectivity index (χ0) is 17.4. The number of benzene rings is 1. The minimum atomic E-state index is -0.611. The average molecular weight is 320 g/mol. The first kappa shape index (κ1) is 18.3. The number of amides is 1. The Labute approximate surface area is 134 Å². The highest BCUT2D eigenvalue weighted by atomic mass is 16.6. The predicted molar refractivity (Wildman–Crippen MR) is 85.4 cm³/mol. The number of nitrogens with zero attached hydrogens (tertiary/aromatic N) is 1. The number of nitro benzene ring substituents is 1. The zero-order valence-electron chi connectivity index (χ0n) is 13.0. The Morgan fingerprint density at radius 1 is 1.30 bits per heavy atom. The van der Waals surface area contributed by atoms with Gasteiger partial charge in [0.25, 0.3) is 5.69 Å². The highest BCUT2D eigenvalue weighted by Gasteiger charge is 2.16. The molecule has 0 radical (unpaired) electrons. The average Bonchev–Trinajstić information content (AvgIpc) is 2.50. The predicted octanol–water partition coefficient (Wildman–Crippen LogP) is 2.74. The number of rotatable bonds is 9. The maximum atomic E-state index is 12.0. The number of carbonyl (C=O) groups is 2. The summed E-state index contributed by atoms with van der Waals surface area (Å²) >= 11 is 0. The van der Waals surface area contributed by atoms with Crippen molar-refractivity contribution in [2.45, 2.75) is 32.6 Å². The molecular formula is C16H20N2O5. The molecule has 1 rings (SSSR count). The van der Waals surface area contributed by atoms with Crippen LogP contribution >= 0.6 is 0 Å². The molecule has 0 aliphatic carbocycles. The molecule has 0 fully saturated rings. The summed E-state index contributed by atoms with van der Waals surface area (Å²) < 4.78 is 0. The van der Waals surface area contributed by atoms with Crippen LogP contribution < -0.4 is 5.32 Å². The van der Waals surface area contributed by atoms with Gasteiger partial charge in [0.15, 0.2) is 5.78 Å². The SMILES string of the molecule is C=C(C)C(=O)NCCCCCC(=O)c1cc([N+](=O)[O-])ccc1O. The number of phenolic OH excluding ortho intramolecular Hbond substituents is 1. The lowest BCUT2D eigenvalue weighted by molar-refractivity contribution is -0.384. The second-order valence-electron chi connectivity index (χ2n) is 5.23. The molecule has 0 spiro atoms. The van der Waals surface area contributed by atoms with Crippen LogP contribution in [0.3, 0.4) is 0 Å².